The number of anilines is 2. The standard InChI is InChI=1S/C15H18N4O/c1-11(2)15(20)19-14-6-5-13(10-18-14)17-9-12-4-3-7-16-8-12/h3-8,10-11,17H,9H2,1-2H3,(H,18,19,20). The molecule has 0 atom stereocenters. The molecule has 2 aromatic heterocycles. The second-order valence-corrected chi connectivity index (χ2v) is 4.79. The molecule has 0 unspecified atom stereocenters. The van der Waals surface area contributed by atoms with Crippen molar-refractivity contribution in [3.8, 4) is 0 Å². The molecule has 0 radical (unpaired) electrons. The molecule has 0 spiro atoms. The molecular formula is C15H18N4O. The third-order valence-corrected chi connectivity index (χ3v) is 2.76. The number of nitrogens with zero attached hydrogens (tertiary/aromatic N) is 2. The smallest absolute Gasteiger partial charge is 0.228 e. The number of carbonyl (C=O) groups excluding carboxylic acids is 1. The van der Waals surface area contributed by atoms with Crippen LogP contribution in [0.3, 0.4) is 0 Å². The first-order chi connectivity index (χ1) is 9.65. The van der Waals surface area contributed by atoms with E-state index in [-0.39, 0.29) is 11.8 Å². The van der Waals surface area contributed by atoms with Crippen molar-refractivity contribution in [1.82, 2.24) is 9.97 Å². The van der Waals surface area contributed by atoms with Gasteiger partial charge in [-0.25, -0.2) is 4.98 Å². The molecule has 20 heavy (non-hydrogen) atoms. The van der Waals surface area contributed by atoms with Gasteiger partial charge in [-0.2, -0.15) is 0 Å². The lowest BCUT2D eigenvalue weighted by atomic mass is 10.2. The van der Waals surface area contributed by atoms with E-state index in [2.05, 4.69) is 20.6 Å². The molecule has 0 aliphatic heterocycles. The van der Waals surface area contributed by atoms with E-state index in [0.29, 0.717) is 12.4 Å². The van der Waals surface area contributed by atoms with E-state index in [1.165, 1.54) is 0 Å². The number of hydrogen-bond acceptors (Lipinski definition) is 4. The van der Waals surface area contributed by atoms with Gasteiger partial charge in [-0.05, 0) is 23.8 Å². The summed E-state index contributed by atoms with van der Waals surface area (Å²) in [5.74, 6) is 0.476. The van der Waals surface area contributed by atoms with Crippen LogP contribution in [0.2, 0.25) is 0 Å². The first-order valence-corrected chi connectivity index (χ1v) is 6.55. The third-order valence-electron chi connectivity index (χ3n) is 2.76. The summed E-state index contributed by atoms with van der Waals surface area (Å²) < 4.78 is 0. The Morgan fingerprint density at radius 3 is 2.70 bits per heavy atom. The van der Waals surface area contributed by atoms with Gasteiger partial charge in [-0.3, -0.25) is 9.78 Å². The van der Waals surface area contributed by atoms with Crippen molar-refractivity contribution < 1.29 is 4.79 Å². The summed E-state index contributed by atoms with van der Waals surface area (Å²) in [7, 11) is 0. The minimum absolute atomic E-state index is 0.0337. The van der Waals surface area contributed by atoms with Gasteiger partial charge in [0.2, 0.25) is 5.91 Å². The van der Waals surface area contributed by atoms with Gasteiger partial charge in [-0.1, -0.05) is 19.9 Å². The van der Waals surface area contributed by atoms with E-state index in [0.717, 1.165) is 11.3 Å². The molecule has 0 saturated heterocycles. The Morgan fingerprint density at radius 2 is 2.10 bits per heavy atom. The molecule has 2 rings (SSSR count). The number of amides is 1. The predicted molar refractivity (Wildman–Crippen MR) is 79.3 cm³/mol. The van der Waals surface area contributed by atoms with Crippen molar-refractivity contribution >= 4 is 17.4 Å². The molecule has 104 valence electrons. The molecule has 2 N–H and O–H groups in total. The molecule has 2 heterocycles. The quantitative estimate of drug-likeness (QED) is 0.876. The SMILES string of the molecule is CC(C)C(=O)Nc1ccc(NCc2cccnc2)cn1. The van der Waals surface area contributed by atoms with Gasteiger partial charge in [0.1, 0.15) is 5.82 Å². The van der Waals surface area contributed by atoms with Gasteiger partial charge in [0.25, 0.3) is 0 Å². The van der Waals surface area contributed by atoms with Crippen LogP contribution in [0.25, 0.3) is 0 Å². The number of hydrogen-bond donors (Lipinski definition) is 2. The minimum Gasteiger partial charge on any atom is -0.380 e. The summed E-state index contributed by atoms with van der Waals surface area (Å²) in [5, 5.41) is 6.00. The third kappa shape index (κ3) is 4.05. The fourth-order valence-corrected chi connectivity index (χ4v) is 1.55. The first-order valence-electron chi connectivity index (χ1n) is 6.55. The van der Waals surface area contributed by atoms with Crippen molar-refractivity contribution in [1.29, 1.82) is 0 Å². The maximum Gasteiger partial charge on any atom is 0.228 e. The van der Waals surface area contributed by atoms with Crippen molar-refractivity contribution in [2.45, 2.75) is 20.4 Å². The number of pyridine rings is 2. The lowest BCUT2D eigenvalue weighted by molar-refractivity contribution is -0.118. The van der Waals surface area contributed by atoms with Crippen LogP contribution in [0.15, 0.2) is 42.9 Å². The van der Waals surface area contributed by atoms with Crippen molar-refractivity contribution in [2.75, 3.05) is 10.6 Å². The molecule has 0 saturated carbocycles. The van der Waals surface area contributed by atoms with E-state index in [9.17, 15) is 4.79 Å². The first kappa shape index (κ1) is 14.0. The average molecular weight is 270 g/mol. The van der Waals surface area contributed by atoms with Crippen LogP contribution in [0.4, 0.5) is 11.5 Å². The molecule has 0 aliphatic carbocycles. The topological polar surface area (TPSA) is 66.9 Å². The summed E-state index contributed by atoms with van der Waals surface area (Å²) >= 11 is 0. The highest BCUT2D eigenvalue weighted by molar-refractivity contribution is 5.91. The van der Waals surface area contributed by atoms with Crippen LogP contribution < -0.4 is 10.6 Å². The summed E-state index contributed by atoms with van der Waals surface area (Å²) in [6.07, 6.45) is 5.27. The van der Waals surface area contributed by atoms with Gasteiger partial charge in [0.05, 0.1) is 11.9 Å². The fraction of sp³-hybridized carbons (Fsp3) is 0.267. The van der Waals surface area contributed by atoms with Gasteiger partial charge in [0, 0.05) is 24.9 Å². The van der Waals surface area contributed by atoms with Gasteiger partial charge < -0.3 is 10.6 Å². The highest BCUT2D eigenvalue weighted by Gasteiger charge is 2.07. The normalized spacial score (nSPS) is 10.3. The van der Waals surface area contributed by atoms with Crippen LogP contribution >= 0.6 is 0 Å². The molecule has 0 fully saturated rings. The number of nitrogens with one attached hydrogen (secondary N) is 2. The zero-order chi connectivity index (χ0) is 14.4. The Bertz CT molecular complexity index is 552. The molecule has 0 aromatic carbocycles. The second kappa shape index (κ2) is 6.65. The van der Waals surface area contributed by atoms with E-state index < -0.39 is 0 Å². The number of carbonyl (C=O) groups is 1. The Hall–Kier alpha value is -2.43. The summed E-state index contributed by atoms with van der Waals surface area (Å²) in [6.45, 7) is 4.38. The van der Waals surface area contributed by atoms with Crippen LogP contribution in [0.1, 0.15) is 19.4 Å². The summed E-state index contributed by atoms with van der Waals surface area (Å²) in [5.41, 5.74) is 2.00. The van der Waals surface area contributed by atoms with E-state index in [4.69, 9.17) is 0 Å². The summed E-state index contributed by atoms with van der Waals surface area (Å²) in [4.78, 5) is 19.8. The highest BCUT2D eigenvalue weighted by atomic mass is 16.1. The van der Waals surface area contributed by atoms with Crippen LogP contribution in [0, 0.1) is 5.92 Å². The lowest BCUT2D eigenvalue weighted by Gasteiger charge is -2.09. The van der Waals surface area contributed by atoms with Gasteiger partial charge in [-0.15, -0.1) is 0 Å². The largest absolute Gasteiger partial charge is 0.380 e. The Balaban J connectivity index is 1.90. The fourth-order valence-electron chi connectivity index (χ4n) is 1.55. The molecule has 1 amide bonds. The highest BCUT2D eigenvalue weighted by Crippen LogP contribution is 2.11. The molecule has 5 nitrogen and oxygen atoms in total. The number of rotatable bonds is 5. The monoisotopic (exact) mass is 270 g/mol. The molecule has 5 heteroatoms. The van der Waals surface area contributed by atoms with E-state index in [1.807, 2.05) is 38.2 Å². The van der Waals surface area contributed by atoms with Gasteiger partial charge >= 0.3 is 0 Å². The van der Waals surface area contributed by atoms with Crippen molar-refractivity contribution in [2.24, 2.45) is 5.92 Å². The van der Waals surface area contributed by atoms with Crippen molar-refractivity contribution in [3.63, 3.8) is 0 Å². The Kier molecular flexibility index (Phi) is 4.65. The zero-order valence-electron chi connectivity index (χ0n) is 11.6. The van der Waals surface area contributed by atoms with Crippen LogP contribution in [-0.2, 0) is 11.3 Å². The molecular weight excluding hydrogens is 252 g/mol. The maximum absolute atomic E-state index is 11.5. The average Bonchev–Trinajstić information content (AvgIpc) is 2.47. The summed E-state index contributed by atoms with van der Waals surface area (Å²) in [6, 6.07) is 7.58. The van der Waals surface area contributed by atoms with E-state index >= 15 is 0 Å². The maximum atomic E-state index is 11.5. The molecule has 0 aliphatic rings. The minimum atomic E-state index is -0.0554. The Morgan fingerprint density at radius 1 is 1.25 bits per heavy atom. The second-order valence-electron chi connectivity index (χ2n) is 4.79. The lowest BCUT2D eigenvalue weighted by Crippen LogP contribution is -2.18. The molecule has 2 aromatic rings. The Labute approximate surface area is 118 Å². The predicted octanol–water partition coefficient (Wildman–Crippen LogP) is 2.68. The van der Waals surface area contributed by atoms with E-state index in [1.54, 1.807) is 18.5 Å². The zero-order valence-corrected chi connectivity index (χ0v) is 11.6. The number of aromatic nitrogens is 2. The van der Waals surface area contributed by atoms with Crippen LogP contribution in [-0.4, -0.2) is 15.9 Å². The van der Waals surface area contributed by atoms with Crippen LogP contribution in [0.5, 0.6) is 0 Å². The van der Waals surface area contributed by atoms with Gasteiger partial charge in [0.15, 0.2) is 0 Å². The van der Waals surface area contributed by atoms with Crippen molar-refractivity contribution in [3.05, 3.63) is 48.4 Å². The molecule has 0 bridgehead atoms.